The summed E-state index contributed by atoms with van der Waals surface area (Å²) in [6, 6.07) is 6.74. The number of rotatable bonds is 9. The highest BCUT2D eigenvalue weighted by Gasteiger charge is 2.36. The van der Waals surface area contributed by atoms with E-state index in [1.165, 1.54) is 43.9 Å². The van der Waals surface area contributed by atoms with E-state index in [2.05, 4.69) is 13.2 Å². The van der Waals surface area contributed by atoms with E-state index >= 15 is 0 Å². The summed E-state index contributed by atoms with van der Waals surface area (Å²) in [6.45, 7) is 7.27. The molecule has 2 fully saturated rings. The third-order valence-electron chi connectivity index (χ3n) is 7.76. The van der Waals surface area contributed by atoms with Gasteiger partial charge in [0, 0.05) is 0 Å². The average Bonchev–Trinajstić information content (AvgIpc) is 2.89. The Labute approximate surface area is 211 Å². The fourth-order valence-corrected chi connectivity index (χ4v) is 5.86. The first-order chi connectivity index (χ1) is 17.4. The molecule has 4 unspecified atom stereocenters. The Morgan fingerprint density at radius 3 is 2.39 bits per heavy atom. The van der Waals surface area contributed by atoms with Gasteiger partial charge in [-0.15, -0.1) is 6.58 Å². The lowest BCUT2D eigenvalue weighted by atomic mass is 9.63. The maximum atomic E-state index is 14.9. The van der Waals surface area contributed by atoms with Crippen molar-refractivity contribution in [3.05, 3.63) is 84.2 Å². The average molecular weight is 499 g/mol. The first-order valence-electron chi connectivity index (χ1n) is 12.8. The van der Waals surface area contributed by atoms with E-state index in [0.29, 0.717) is 5.92 Å². The molecule has 0 aliphatic heterocycles. The molecule has 192 valence electrons. The quantitative estimate of drug-likeness (QED) is 0.199. The first-order valence-corrected chi connectivity index (χ1v) is 12.8. The van der Waals surface area contributed by atoms with Gasteiger partial charge in [-0.25, -0.2) is 9.18 Å². The summed E-state index contributed by atoms with van der Waals surface area (Å²) in [6.07, 6.45) is 12.6. The molecular formula is C30H33F3O3. The summed E-state index contributed by atoms with van der Waals surface area (Å²) >= 11 is 0. The van der Waals surface area contributed by atoms with E-state index in [0.717, 1.165) is 55.2 Å². The number of hydrogen-bond donors (Lipinski definition) is 0. The van der Waals surface area contributed by atoms with Crippen molar-refractivity contribution in [3.8, 4) is 11.5 Å². The van der Waals surface area contributed by atoms with Crippen molar-refractivity contribution in [1.29, 1.82) is 0 Å². The molecule has 3 nitrogen and oxygen atoms in total. The first kappa shape index (κ1) is 26.1. The van der Waals surface area contributed by atoms with Crippen molar-refractivity contribution in [1.82, 2.24) is 0 Å². The lowest BCUT2D eigenvalue weighted by molar-refractivity contribution is 0.0721. The van der Waals surface area contributed by atoms with E-state index in [1.54, 1.807) is 6.07 Å². The van der Waals surface area contributed by atoms with Gasteiger partial charge in [-0.05, 0) is 98.4 Å². The summed E-state index contributed by atoms with van der Waals surface area (Å²) in [5.74, 6) is -2.99. The Bertz CT molecular complexity index is 1110. The summed E-state index contributed by atoms with van der Waals surface area (Å²) in [4.78, 5) is 12.5. The molecule has 2 saturated carbocycles. The van der Waals surface area contributed by atoms with E-state index in [4.69, 9.17) is 9.47 Å². The lowest BCUT2D eigenvalue weighted by Crippen LogP contribution is -2.30. The Balaban J connectivity index is 1.39. The molecule has 0 radical (unpaired) electrons. The zero-order valence-corrected chi connectivity index (χ0v) is 20.5. The van der Waals surface area contributed by atoms with Crippen LogP contribution in [-0.4, -0.2) is 12.6 Å². The highest BCUT2D eigenvalue weighted by molar-refractivity contribution is 5.91. The van der Waals surface area contributed by atoms with Crippen LogP contribution in [0.15, 0.2) is 55.6 Å². The minimum Gasteiger partial charge on any atom is -0.486 e. The van der Waals surface area contributed by atoms with Crippen LogP contribution >= 0.6 is 0 Å². The molecule has 0 spiro atoms. The Morgan fingerprint density at radius 1 is 0.917 bits per heavy atom. The van der Waals surface area contributed by atoms with Gasteiger partial charge >= 0.3 is 5.97 Å². The normalized spacial score (nSPS) is 23.4. The number of halogens is 3. The van der Waals surface area contributed by atoms with Crippen LogP contribution in [0.25, 0.3) is 0 Å². The van der Waals surface area contributed by atoms with E-state index in [1.807, 2.05) is 6.08 Å². The van der Waals surface area contributed by atoms with Crippen LogP contribution in [0, 0.1) is 35.2 Å². The van der Waals surface area contributed by atoms with E-state index < -0.39 is 29.2 Å². The summed E-state index contributed by atoms with van der Waals surface area (Å²) < 4.78 is 53.4. The number of esters is 1. The van der Waals surface area contributed by atoms with Crippen LogP contribution in [0.1, 0.15) is 73.2 Å². The van der Waals surface area contributed by atoms with Crippen molar-refractivity contribution < 1.29 is 27.4 Å². The predicted molar refractivity (Wildman–Crippen MR) is 134 cm³/mol. The molecule has 2 aromatic carbocycles. The number of fused-ring (bicyclic) bond motifs is 1. The Morgan fingerprint density at radius 2 is 1.64 bits per heavy atom. The second kappa shape index (κ2) is 11.8. The molecule has 0 N–H and O–H groups in total. The summed E-state index contributed by atoms with van der Waals surface area (Å²) in [5.41, 5.74) is 0.555. The Hall–Kier alpha value is -3.02. The van der Waals surface area contributed by atoms with Gasteiger partial charge in [-0.3, -0.25) is 0 Å². The number of benzene rings is 2. The summed E-state index contributed by atoms with van der Waals surface area (Å²) in [5, 5.41) is 0. The van der Waals surface area contributed by atoms with E-state index in [-0.39, 0.29) is 23.8 Å². The van der Waals surface area contributed by atoms with Crippen LogP contribution in [0.4, 0.5) is 13.2 Å². The SMILES string of the molecule is C=CCCC1CCC2CC(c3ccc(C(=O)Oc4ccc(OCC=C)c(F)c4F)c(F)c3)CCC2C1. The fraction of sp³-hybridized carbons (Fsp3) is 0.433. The second-order valence-corrected chi connectivity index (χ2v) is 9.99. The largest absolute Gasteiger partial charge is 0.486 e. The van der Waals surface area contributed by atoms with Crippen molar-refractivity contribution in [3.63, 3.8) is 0 Å². The van der Waals surface area contributed by atoms with Crippen LogP contribution < -0.4 is 9.47 Å². The maximum absolute atomic E-state index is 14.9. The molecule has 36 heavy (non-hydrogen) atoms. The van der Waals surface area contributed by atoms with Crippen molar-refractivity contribution in [2.45, 2.75) is 57.3 Å². The Kier molecular flexibility index (Phi) is 8.55. The highest BCUT2D eigenvalue weighted by atomic mass is 19.2. The highest BCUT2D eigenvalue weighted by Crippen LogP contribution is 2.48. The molecule has 0 bridgehead atoms. The fourth-order valence-electron chi connectivity index (χ4n) is 5.86. The second-order valence-electron chi connectivity index (χ2n) is 9.99. The molecule has 0 saturated heterocycles. The van der Waals surface area contributed by atoms with Crippen molar-refractivity contribution >= 4 is 5.97 Å². The van der Waals surface area contributed by atoms with Crippen molar-refractivity contribution in [2.24, 2.45) is 17.8 Å². The number of ether oxygens (including phenoxy) is 2. The van der Waals surface area contributed by atoms with Crippen LogP contribution in [0.2, 0.25) is 0 Å². The molecule has 0 heterocycles. The molecule has 2 aliphatic rings. The third kappa shape index (κ3) is 5.85. The zero-order chi connectivity index (χ0) is 25.7. The van der Waals surface area contributed by atoms with Crippen LogP contribution in [0.5, 0.6) is 11.5 Å². The smallest absolute Gasteiger partial charge is 0.346 e. The predicted octanol–water partition coefficient (Wildman–Crippen LogP) is 8.15. The van der Waals surface area contributed by atoms with Gasteiger partial charge in [0.2, 0.25) is 11.6 Å². The number of carbonyl (C=O) groups excluding carboxylic acids is 1. The van der Waals surface area contributed by atoms with Gasteiger partial charge < -0.3 is 9.47 Å². The number of allylic oxidation sites excluding steroid dienone is 1. The van der Waals surface area contributed by atoms with Gasteiger partial charge in [0.1, 0.15) is 12.4 Å². The van der Waals surface area contributed by atoms with E-state index in [9.17, 15) is 18.0 Å². The van der Waals surface area contributed by atoms with Crippen LogP contribution in [0.3, 0.4) is 0 Å². The molecule has 2 aromatic rings. The molecular weight excluding hydrogens is 465 g/mol. The van der Waals surface area contributed by atoms with Crippen LogP contribution in [-0.2, 0) is 0 Å². The van der Waals surface area contributed by atoms with Gasteiger partial charge in [-0.2, -0.15) is 8.78 Å². The number of carbonyl (C=O) groups is 1. The molecule has 0 amide bonds. The molecule has 0 aromatic heterocycles. The van der Waals surface area contributed by atoms with Gasteiger partial charge in [0.05, 0.1) is 5.56 Å². The minimum atomic E-state index is -1.38. The topological polar surface area (TPSA) is 35.5 Å². The lowest BCUT2D eigenvalue weighted by Gasteiger charge is -2.42. The minimum absolute atomic E-state index is 0.00823. The standard InChI is InChI=1S/C30H33F3O3/c1-3-5-6-19-7-8-21-17-22(10-9-20(21)16-19)23-11-12-24(25(31)18-23)30(34)36-27-14-13-26(35-15-4-2)28(32)29(27)33/h3-4,11-14,18-22H,1-2,5-10,15-17H2. The molecule has 6 heteroatoms. The molecule has 4 atom stereocenters. The van der Waals surface area contributed by atoms with Crippen molar-refractivity contribution in [2.75, 3.05) is 6.61 Å². The number of hydrogen-bond acceptors (Lipinski definition) is 3. The van der Waals surface area contributed by atoms with Gasteiger partial charge in [0.25, 0.3) is 0 Å². The maximum Gasteiger partial charge on any atom is 0.346 e. The molecule has 4 rings (SSSR count). The zero-order valence-electron chi connectivity index (χ0n) is 20.5. The molecule has 2 aliphatic carbocycles. The van der Waals surface area contributed by atoms with Gasteiger partial charge in [0.15, 0.2) is 11.5 Å². The third-order valence-corrected chi connectivity index (χ3v) is 7.76. The monoisotopic (exact) mass is 498 g/mol. The summed E-state index contributed by atoms with van der Waals surface area (Å²) in [7, 11) is 0. The van der Waals surface area contributed by atoms with Gasteiger partial charge in [-0.1, -0.05) is 31.2 Å².